The molecule has 76 valence electrons. The fourth-order valence-corrected chi connectivity index (χ4v) is 4.55. The SMILES string of the molecule is CC1(C#N)CC2CC1C1CC(O)CC21. The van der Waals surface area contributed by atoms with E-state index in [0.29, 0.717) is 11.8 Å². The zero-order valence-electron chi connectivity index (χ0n) is 8.61. The molecule has 0 aromatic carbocycles. The molecular weight excluding hydrogens is 174 g/mol. The summed E-state index contributed by atoms with van der Waals surface area (Å²) in [6, 6.07) is 2.52. The standard InChI is InChI=1S/C12H17NO/c1-12(6-13)5-7-2-11(12)10-4-8(14)3-9(7)10/h7-11,14H,2-5H2,1H3. The van der Waals surface area contributed by atoms with E-state index < -0.39 is 0 Å². The molecule has 0 radical (unpaired) electrons. The highest BCUT2D eigenvalue weighted by Gasteiger charge is 2.60. The van der Waals surface area contributed by atoms with E-state index in [1.54, 1.807) is 0 Å². The lowest BCUT2D eigenvalue weighted by Crippen LogP contribution is -2.31. The smallest absolute Gasteiger partial charge is 0.0689 e. The first-order valence-electron chi connectivity index (χ1n) is 5.73. The van der Waals surface area contributed by atoms with Gasteiger partial charge in [0.05, 0.1) is 17.6 Å². The summed E-state index contributed by atoms with van der Waals surface area (Å²) < 4.78 is 0. The van der Waals surface area contributed by atoms with Crippen LogP contribution in [0, 0.1) is 40.4 Å². The molecule has 3 aliphatic carbocycles. The fourth-order valence-electron chi connectivity index (χ4n) is 4.55. The van der Waals surface area contributed by atoms with Crippen LogP contribution >= 0.6 is 0 Å². The second-order valence-corrected chi connectivity index (χ2v) is 5.79. The van der Waals surface area contributed by atoms with Crippen molar-refractivity contribution < 1.29 is 5.11 Å². The summed E-state index contributed by atoms with van der Waals surface area (Å²) >= 11 is 0. The third kappa shape index (κ3) is 0.892. The second kappa shape index (κ2) is 2.52. The summed E-state index contributed by atoms with van der Waals surface area (Å²) in [4.78, 5) is 0. The largest absolute Gasteiger partial charge is 0.393 e. The highest BCUT2D eigenvalue weighted by molar-refractivity contribution is 5.15. The van der Waals surface area contributed by atoms with E-state index in [0.717, 1.165) is 31.1 Å². The number of fused-ring (bicyclic) bond motifs is 5. The Morgan fingerprint density at radius 1 is 1.29 bits per heavy atom. The normalized spacial score (nSPS) is 59.9. The van der Waals surface area contributed by atoms with Gasteiger partial charge in [0.15, 0.2) is 0 Å². The maximum atomic E-state index is 9.66. The van der Waals surface area contributed by atoms with Gasteiger partial charge in [0.25, 0.3) is 0 Å². The molecule has 0 aromatic heterocycles. The molecule has 0 heterocycles. The summed E-state index contributed by atoms with van der Waals surface area (Å²) in [5, 5.41) is 18.9. The molecule has 6 atom stereocenters. The number of nitrogens with zero attached hydrogens (tertiary/aromatic N) is 1. The first kappa shape index (κ1) is 8.73. The predicted molar refractivity (Wildman–Crippen MR) is 52.2 cm³/mol. The van der Waals surface area contributed by atoms with Crippen molar-refractivity contribution in [2.24, 2.45) is 29.1 Å². The summed E-state index contributed by atoms with van der Waals surface area (Å²) in [7, 11) is 0. The molecule has 6 unspecified atom stereocenters. The fraction of sp³-hybridized carbons (Fsp3) is 0.917. The van der Waals surface area contributed by atoms with Crippen LogP contribution in [0.4, 0.5) is 0 Å². The zero-order valence-corrected chi connectivity index (χ0v) is 8.61. The maximum absolute atomic E-state index is 9.66. The van der Waals surface area contributed by atoms with Crippen LogP contribution in [0.3, 0.4) is 0 Å². The Balaban J connectivity index is 1.91. The zero-order chi connectivity index (χ0) is 9.92. The van der Waals surface area contributed by atoms with Crippen LogP contribution in [0.5, 0.6) is 0 Å². The maximum Gasteiger partial charge on any atom is 0.0689 e. The Morgan fingerprint density at radius 2 is 2.00 bits per heavy atom. The first-order valence-corrected chi connectivity index (χ1v) is 5.73. The molecule has 0 spiro atoms. The molecule has 0 saturated heterocycles. The summed E-state index contributed by atoms with van der Waals surface area (Å²) in [5.41, 5.74) is -0.0735. The molecule has 2 heteroatoms. The highest BCUT2D eigenvalue weighted by Crippen LogP contribution is 2.65. The Hall–Kier alpha value is -0.550. The topological polar surface area (TPSA) is 44.0 Å². The molecule has 3 saturated carbocycles. The van der Waals surface area contributed by atoms with Gasteiger partial charge >= 0.3 is 0 Å². The third-order valence-corrected chi connectivity index (χ3v) is 5.08. The van der Waals surface area contributed by atoms with E-state index >= 15 is 0 Å². The highest BCUT2D eigenvalue weighted by atomic mass is 16.3. The van der Waals surface area contributed by atoms with Gasteiger partial charge in [0, 0.05) is 0 Å². The van der Waals surface area contributed by atoms with Gasteiger partial charge in [0.1, 0.15) is 0 Å². The van der Waals surface area contributed by atoms with E-state index in [9.17, 15) is 10.4 Å². The van der Waals surface area contributed by atoms with Gasteiger partial charge in [-0.3, -0.25) is 0 Å². The van der Waals surface area contributed by atoms with Crippen LogP contribution in [-0.2, 0) is 0 Å². The summed E-state index contributed by atoms with van der Waals surface area (Å²) in [5.74, 6) is 2.73. The number of hydrogen-bond acceptors (Lipinski definition) is 2. The number of rotatable bonds is 0. The van der Waals surface area contributed by atoms with Gasteiger partial charge in [-0.1, -0.05) is 0 Å². The lowest BCUT2D eigenvalue weighted by atomic mass is 9.67. The Bertz CT molecular complexity index is 308. The average molecular weight is 191 g/mol. The van der Waals surface area contributed by atoms with Crippen LogP contribution in [-0.4, -0.2) is 11.2 Å². The van der Waals surface area contributed by atoms with Crippen LogP contribution in [0.15, 0.2) is 0 Å². The van der Waals surface area contributed by atoms with Crippen molar-refractivity contribution in [3.63, 3.8) is 0 Å². The lowest BCUT2D eigenvalue weighted by molar-refractivity contribution is 0.145. The van der Waals surface area contributed by atoms with Crippen molar-refractivity contribution in [3.8, 4) is 6.07 Å². The van der Waals surface area contributed by atoms with Crippen molar-refractivity contribution in [1.29, 1.82) is 5.26 Å². The number of hydrogen-bond donors (Lipinski definition) is 1. The molecular formula is C12H17NO. The monoisotopic (exact) mass is 191 g/mol. The van der Waals surface area contributed by atoms with Gasteiger partial charge in [-0.05, 0) is 56.3 Å². The van der Waals surface area contributed by atoms with E-state index in [-0.39, 0.29) is 11.5 Å². The second-order valence-electron chi connectivity index (χ2n) is 5.79. The molecule has 3 aliphatic rings. The molecule has 3 rings (SSSR count). The van der Waals surface area contributed by atoms with Crippen molar-refractivity contribution in [3.05, 3.63) is 0 Å². The van der Waals surface area contributed by atoms with E-state index in [1.807, 2.05) is 0 Å². The minimum Gasteiger partial charge on any atom is -0.393 e. The number of aliphatic hydroxyl groups excluding tert-OH is 1. The summed E-state index contributed by atoms with van der Waals surface area (Å²) in [6.07, 6.45) is 4.24. The van der Waals surface area contributed by atoms with Gasteiger partial charge in [-0.2, -0.15) is 5.26 Å². The number of nitriles is 1. The van der Waals surface area contributed by atoms with Crippen molar-refractivity contribution in [2.45, 2.75) is 38.7 Å². The third-order valence-electron chi connectivity index (χ3n) is 5.08. The van der Waals surface area contributed by atoms with Crippen LogP contribution in [0.2, 0.25) is 0 Å². The van der Waals surface area contributed by atoms with E-state index in [2.05, 4.69) is 13.0 Å². The van der Waals surface area contributed by atoms with Gasteiger partial charge < -0.3 is 5.11 Å². The number of aliphatic hydroxyl groups is 1. The van der Waals surface area contributed by atoms with Crippen molar-refractivity contribution >= 4 is 0 Å². The molecule has 0 aliphatic heterocycles. The van der Waals surface area contributed by atoms with E-state index in [4.69, 9.17) is 0 Å². The van der Waals surface area contributed by atoms with E-state index in [1.165, 1.54) is 6.42 Å². The van der Waals surface area contributed by atoms with Crippen LogP contribution in [0.25, 0.3) is 0 Å². The van der Waals surface area contributed by atoms with Crippen molar-refractivity contribution in [2.75, 3.05) is 0 Å². The minimum absolute atomic E-state index is 0.0728. The molecule has 2 nitrogen and oxygen atoms in total. The quantitative estimate of drug-likeness (QED) is 0.636. The Labute approximate surface area is 84.9 Å². The van der Waals surface area contributed by atoms with Gasteiger partial charge in [-0.25, -0.2) is 0 Å². The van der Waals surface area contributed by atoms with Crippen molar-refractivity contribution in [1.82, 2.24) is 0 Å². The lowest BCUT2D eigenvalue weighted by Gasteiger charge is -2.34. The molecule has 2 bridgehead atoms. The predicted octanol–water partition coefficient (Wildman–Crippen LogP) is 1.94. The Kier molecular flexibility index (Phi) is 1.57. The van der Waals surface area contributed by atoms with Crippen LogP contribution < -0.4 is 0 Å². The van der Waals surface area contributed by atoms with Gasteiger partial charge in [0.2, 0.25) is 0 Å². The average Bonchev–Trinajstić information content (AvgIpc) is 2.74. The first-order chi connectivity index (χ1) is 6.64. The molecule has 14 heavy (non-hydrogen) atoms. The molecule has 0 amide bonds. The molecule has 1 N–H and O–H groups in total. The molecule has 0 aromatic rings. The summed E-state index contributed by atoms with van der Waals surface area (Å²) in [6.45, 7) is 2.12. The molecule has 3 fully saturated rings. The minimum atomic E-state index is -0.0735. The Morgan fingerprint density at radius 3 is 2.71 bits per heavy atom. The van der Waals surface area contributed by atoms with Crippen LogP contribution in [0.1, 0.15) is 32.6 Å². The van der Waals surface area contributed by atoms with Gasteiger partial charge in [-0.15, -0.1) is 0 Å².